The molecule has 6 nitrogen and oxygen atoms in total. The number of benzene rings is 2. The number of carbonyl (C=O) groups is 1. The number of halogens is 1. The first-order valence-corrected chi connectivity index (χ1v) is 9.98. The molecule has 0 radical (unpaired) electrons. The van der Waals surface area contributed by atoms with Gasteiger partial charge in [-0.2, -0.15) is 0 Å². The Morgan fingerprint density at radius 2 is 2.03 bits per heavy atom. The van der Waals surface area contributed by atoms with Crippen molar-refractivity contribution in [3.05, 3.63) is 60.9 Å². The van der Waals surface area contributed by atoms with E-state index in [9.17, 15) is 9.59 Å². The molecular formula is C21H17ClN2O4S. The zero-order valence-electron chi connectivity index (χ0n) is 16.2. The number of imidazole rings is 1. The van der Waals surface area contributed by atoms with Gasteiger partial charge in [0.2, 0.25) is 0 Å². The molecule has 0 aliphatic heterocycles. The molecule has 0 aliphatic rings. The van der Waals surface area contributed by atoms with E-state index < -0.39 is 5.97 Å². The smallest absolute Gasteiger partial charge is 0.308 e. The van der Waals surface area contributed by atoms with Crippen molar-refractivity contribution >= 4 is 51.0 Å². The van der Waals surface area contributed by atoms with Crippen LogP contribution in [0.5, 0.6) is 11.5 Å². The maximum Gasteiger partial charge on any atom is 0.308 e. The molecular weight excluding hydrogens is 412 g/mol. The van der Waals surface area contributed by atoms with Gasteiger partial charge in [0.15, 0.2) is 16.5 Å². The highest BCUT2D eigenvalue weighted by Crippen LogP contribution is 2.36. The summed E-state index contributed by atoms with van der Waals surface area (Å²) in [6.07, 6.45) is 1.72. The lowest BCUT2D eigenvalue weighted by atomic mass is 10.1. The van der Waals surface area contributed by atoms with Crippen molar-refractivity contribution in [2.45, 2.75) is 20.8 Å². The number of nitrogens with zero attached hydrogens (tertiary/aromatic N) is 2. The second-order valence-corrected chi connectivity index (χ2v) is 8.06. The number of rotatable bonds is 3. The van der Waals surface area contributed by atoms with E-state index in [4.69, 9.17) is 21.1 Å². The Balaban J connectivity index is 1.90. The molecule has 0 spiro atoms. The third kappa shape index (κ3) is 3.26. The second-order valence-electron chi connectivity index (χ2n) is 6.65. The maximum atomic E-state index is 13.0. The minimum atomic E-state index is -0.499. The standard InChI is InChI=1S/C21H17ClN2O4S/c1-10-5-6-15-18(11(10)2)23-21-24(15)20(26)17(29-21)9-13-7-14(22)19(28-12(3)25)16(8-13)27-4/h5-9H,1-4H3/b17-9-. The van der Waals surface area contributed by atoms with Crippen LogP contribution in [0.15, 0.2) is 29.1 Å². The van der Waals surface area contributed by atoms with E-state index in [1.807, 2.05) is 26.0 Å². The summed E-state index contributed by atoms with van der Waals surface area (Å²) in [4.78, 5) is 29.6. The van der Waals surface area contributed by atoms with Gasteiger partial charge in [0, 0.05) is 6.92 Å². The molecule has 0 N–H and O–H groups in total. The fraction of sp³-hybridized carbons (Fsp3) is 0.190. The van der Waals surface area contributed by atoms with Gasteiger partial charge in [-0.15, -0.1) is 0 Å². The predicted molar refractivity (Wildman–Crippen MR) is 114 cm³/mol. The molecule has 2 aromatic heterocycles. The third-order valence-corrected chi connectivity index (χ3v) is 5.98. The van der Waals surface area contributed by atoms with E-state index in [0.29, 0.717) is 20.8 Å². The average Bonchev–Trinajstić information content (AvgIpc) is 3.17. The fourth-order valence-corrected chi connectivity index (χ4v) is 4.42. The van der Waals surface area contributed by atoms with Gasteiger partial charge in [-0.3, -0.25) is 9.59 Å². The summed E-state index contributed by atoms with van der Waals surface area (Å²) in [7, 11) is 1.46. The van der Waals surface area contributed by atoms with Crippen molar-refractivity contribution in [3.8, 4) is 11.5 Å². The van der Waals surface area contributed by atoms with Crippen LogP contribution >= 0.6 is 22.9 Å². The van der Waals surface area contributed by atoms with E-state index >= 15 is 0 Å². The number of methoxy groups -OCH3 is 1. The quantitative estimate of drug-likeness (QED) is 0.368. The fourth-order valence-electron chi connectivity index (χ4n) is 3.18. The molecule has 0 saturated carbocycles. The van der Waals surface area contributed by atoms with Gasteiger partial charge in [0.25, 0.3) is 5.56 Å². The number of esters is 1. The molecule has 0 atom stereocenters. The first-order chi connectivity index (χ1) is 13.8. The molecule has 0 bridgehead atoms. The zero-order valence-corrected chi connectivity index (χ0v) is 17.8. The van der Waals surface area contributed by atoms with Crippen LogP contribution in [0.25, 0.3) is 22.1 Å². The van der Waals surface area contributed by atoms with Crippen molar-refractivity contribution < 1.29 is 14.3 Å². The molecule has 0 amide bonds. The molecule has 0 saturated heterocycles. The lowest BCUT2D eigenvalue weighted by molar-refractivity contribution is -0.132. The predicted octanol–water partition coefficient (Wildman–Crippen LogP) is 3.66. The summed E-state index contributed by atoms with van der Waals surface area (Å²) in [5, 5.41) is 0.219. The summed E-state index contributed by atoms with van der Waals surface area (Å²) < 4.78 is 12.6. The van der Waals surface area contributed by atoms with E-state index in [0.717, 1.165) is 22.2 Å². The van der Waals surface area contributed by atoms with Crippen molar-refractivity contribution in [1.82, 2.24) is 9.38 Å². The number of aryl methyl sites for hydroxylation is 2. The number of hydrogen-bond donors (Lipinski definition) is 0. The van der Waals surface area contributed by atoms with Crippen molar-refractivity contribution in [2.24, 2.45) is 0 Å². The average molecular weight is 429 g/mol. The number of ether oxygens (including phenoxy) is 2. The SMILES string of the molecule is COc1cc(/C=c2\sc3nc4c(C)c(C)ccc4n3c2=O)cc(Cl)c1OC(C)=O. The van der Waals surface area contributed by atoms with Crippen LogP contribution in [0.2, 0.25) is 5.02 Å². The van der Waals surface area contributed by atoms with Crippen LogP contribution < -0.4 is 19.6 Å². The molecule has 8 heteroatoms. The summed E-state index contributed by atoms with van der Waals surface area (Å²) in [5.41, 5.74) is 4.36. The molecule has 2 aromatic carbocycles. The van der Waals surface area contributed by atoms with E-state index in [2.05, 4.69) is 4.98 Å². The van der Waals surface area contributed by atoms with Crippen LogP contribution in [-0.2, 0) is 4.79 Å². The Morgan fingerprint density at radius 1 is 1.28 bits per heavy atom. The zero-order chi connectivity index (χ0) is 20.9. The van der Waals surface area contributed by atoms with Crippen LogP contribution in [0.1, 0.15) is 23.6 Å². The molecule has 148 valence electrons. The van der Waals surface area contributed by atoms with Crippen LogP contribution in [-0.4, -0.2) is 22.5 Å². The lowest BCUT2D eigenvalue weighted by Gasteiger charge is -2.10. The molecule has 0 unspecified atom stereocenters. The summed E-state index contributed by atoms with van der Waals surface area (Å²) in [5.74, 6) is -0.0380. The normalized spacial score (nSPS) is 12.1. The number of hydrogen-bond acceptors (Lipinski definition) is 6. The first kappa shape index (κ1) is 19.4. The number of carbonyl (C=O) groups excluding carboxylic acids is 1. The van der Waals surface area contributed by atoms with Gasteiger partial charge in [0.05, 0.1) is 27.7 Å². The van der Waals surface area contributed by atoms with Crippen molar-refractivity contribution in [2.75, 3.05) is 7.11 Å². The number of aromatic nitrogens is 2. The van der Waals surface area contributed by atoms with Crippen LogP contribution in [0, 0.1) is 13.8 Å². The molecule has 0 aliphatic carbocycles. The largest absolute Gasteiger partial charge is 0.493 e. The third-order valence-electron chi connectivity index (χ3n) is 4.73. The Hall–Kier alpha value is -2.90. The van der Waals surface area contributed by atoms with Gasteiger partial charge in [-0.05, 0) is 54.8 Å². The van der Waals surface area contributed by atoms with E-state index in [1.165, 1.54) is 25.4 Å². The minimum absolute atomic E-state index is 0.144. The minimum Gasteiger partial charge on any atom is -0.493 e. The van der Waals surface area contributed by atoms with Crippen molar-refractivity contribution in [1.29, 1.82) is 0 Å². The number of thiazole rings is 1. The topological polar surface area (TPSA) is 69.9 Å². The van der Waals surface area contributed by atoms with E-state index in [1.54, 1.807) is 22.6 Å². The highest BCUT2D eigenvalue weighted by molar-refractivity contribution is 7.15. The Labute approximate surface area is 175 Å². The summed E-state index contributed by atoms with van der Waals surface area (Å²) >= 11 is 7.57. The van der Waals surface area contributed by atoms with Gasteiger partial charge >= 0.3 is 5.97 Å². The maximum absolute atomic E-state index is 13.0. The Morgan fingerprint density at radius 3 is 2.72 bits per heavy atom. The molecule has 4 aromatic rings. The molecule has 29 heavy (non-hydrogen) atoms. The van der Waals surface area contributed by atoms with E-state index in [-0.39, 0.29) is 16.3 Å². The van der Waals surface area contributed by atoms with Crippen molar-refractivity contribution in [3.63, 3.8) is 0 Å². The summed E-state index contributed by atoms with van der Waals surface area (Å²) in [6.45, 7) is 5.32. The second kappa shape index (κ2) is 7.17. The lowest BCUT2D eigenvalue weighted by Crippen LogP contribution is -2.22. The monoisotopic (exact) mass is 428 g/mol. The van der Waals surface area contributed by atoms with Crippen LogP contribution in [0.3, 0.4) is 0 Å². The summed E-state index contributed by atoms with van der Waals surface area (Å²) in [6, 6.07) is 7.20. The van der Waals surface area contributed by atoms with Gasteiger partial charge in [-0.25, -0.2) is 9.38 Å². The van der Waals surface area contributed by atoms with Gasteiger partial charge in [0.1, 0.15) is 0 Å². The Bertz CT molecular complexity index is 1400. The van der Waals surface area contributed by atoms with Crippen LogP contribution in [0.4, 0.5) is 0 Å². The molecule has 0 fully saturated rings. The first-order valence-electron chi connectivity index (χ1n) is 8.79. The molecule has 4 rings (SSSR count). The Kier molecular flexibility index (Phi) is 4.80. The van der Waals surface area contributed by atoms with Gasteiger partial charge < -0.3 is 9.47 Å². The highest BCUT2D eigenvalue weighted by Gasteiger charge is 2.16. The van der Waals surface area contributed by atoms with Gasteiger partial charge in [-0.1, -0.05) is 29.0 Å². The molecule has 2 heterocycles. The highest BCUT2D eigenvalue weighted by atomic mass is 35.5. The number of fused-ring (bicyclic) bond motifs is 3.